The number of hydrogen-bond acceptors (Lipinski definition) is 6. The van der Waals surface area contributed by atoms with E-state index in [1.807, 2.05) is 18.2 Å². The Labute approximate surface area is 170 Å². The Hall–Kier alpha value is -2.83. The molecule has 3 heterocycles. The van der Waals surface area contributed by atoms with Gasteiger partial charge in [-0.05, 0) is 50.2 Å². The molecule has 7 nitrogen and oxygen atoms in total. The standard InChI is InChI=1S/C22H29N7/c23-21-16-10-9-15(12-18(16)27-28-21)17-13-20(26-22(24)25-17)29-11-5-4-8-19(29)14-6-2-1-3-7-14/h9-10,12-14,19H,1-8,11H2,(H3,23,27,28)(H2,24,25,26). The summed E-state index contributed by atoms with van der Waals surface area (Å²) >= 11 is 0. The van der Waals surface area contributed by atoms with Gasteiger partial charge in [-0.1, -0.05) is 25.3 Å². The Bertz CT molecular complexity index is 1010. The number of hydrogen-bond donors (Lipinski definition) is 3. The predicted octanol–water partition coefficient (Wildman–Crippen LogP) is 4.12. The highest BCUT2D eigenvalue weighted by atomic mass is 15.2. The number of anilines is 3. The van der Waals surface area contributed by atoms with Crippen molar-refractivity contribution in [1.82, 2.24) is 20.2 Å². The molecule has 3 aromatic rings. The second-order valence-corrected chi connectivity index (χ2v) is 8.49. The highest BCUT2D eigenvalue weighted by molar-refractivity contribution is 5.91. The number of nitrogens with two attached hydrogens (primary N) is 2. The zero-order valence-corrected chi connectivity index (χ0v) is 16.8. The third kappa shape index (κ3) is 3.50. The summed E-state index contributed by atoms with van der Waals surface area (Å²) in [7, 11) is 0. The van der Waals surface area contributed by atoms with E-state index in [0.717, 1.165) is 40.4 Å². The summed E-state index contributed by atoms with van der Waals surface area (Å²) in [5.41, 5.74) is 14.8. The predicted molar refractivity (Wildman–Crippen MR) is 118 cm³/mol. The molecule has 0 bridgehead atoms. The molecule has 5 rings (SSSR count). The van der Waals surface area contributed by atoms with Gasteiger partial charge in [-0.25, -0.2) is 4.98 Å². The van der Waals surface area contributed by atoms with Gasteiger partial charge < -0.3 is 16.4 Å². The molecule has 0 spiro atoms. The minimum atomic E-state index is 0.328. The Balaban J connectivity index is 1.50. The minimum absolute atomic E-state index is 0.328. The molecule has 0 amide bonds. The molecule has 1 atom stereocenters. The molecule has 152 valence electrons. The van der Waals surface area contributed by atoms with E-state index >= 15 is 0 Å². The van der Waals surface area contributed by atoms with Gasteiger partial charge in [0.15, 0.2) is 5.82 Å². The molecule has 7 heteroatoms. The van der Waals surface area contributed by atoms with Gasteiger partial charge in [0.1, 0.15) is 5.82 Å². The van der Waals surface area contributed by atoms with Gasteiger partial charge in [0.25, 0.3) is 0 Å². The van der Waals surface area contributed by atoms with Crippen LogP contribution in [0.4, 0.5) is 17.6 Å². The first-order chi connectivity index (χ1) is 14.2. The van der Waals surface area contributed by atoms with Crippen molar-refractivity contribution in [2.75, 3.05) is 22.9 Å². The molecule has 1 unspecified atom stereocenters. The van der Waals surface area contributed by atoms with Crippen LogP contribution < -0.4 is 16.4 Å². The van der Waals surface area contributed by atoms with Crippen LogP contribution in [0.1, 0.15) is 51.4 Å². The van der Waals surface area contributed by atoms with Crippen LogP contribution >= 0.6 is 0 Å². The Kier molecular flexibility index (Phi) is 4.73. The Morgan fingerprint density at radius 1 is 0.931 bits per heavy atom. The van der Waals surface area contributed by atoms with Crippen molar-refractivity contribution in [3.8, 4) is 11.3 Å². The molecule has 1 aliphatic carbocycles. The van der Waals surface area contributed by atoms with Gasteiger partial charge in [0.05, 0.1) is 11.2 Å². The molecule has 1 saturated heterocycles. The second-order valence-electron chi connectivity index (χ2n) is 8.49. The van der Waals surface area contributed by atoms with Crippen LogP contribution in [0, 0.1) is 5.92 Å². The third-order valence-electron chi connectivity index (χ3n) is 6.66. The number of fused-ring (bicyclic) bond motifs is 1. The van der Waals surface area contributed by atoms with Crippen LogP contribution in [-0.4, -0.2) is 32.8 Å². The fourth-order valence-electron chi connectivity index (χ4n) is 5.20. The molecule has 0 radical (unpaired) electrons. The van der Waals surface area contributed by atoms with Crippen molar-refractivity contribution in [3.63, 3.8) is 0 Å². The van der Waals surface area contributed by atoms with Crippen molar-refractivity contribution in [2.45, 2.75) is 57.4 Å². The smallest absolute Gasteiger partial charge is 0.222 e. The second kappa shape index (κ2) is 7.54. The topological polar surface area (TPSA) is 110 Å². The lowest BCUT2D eigenvalue weighted by molar-refractivity contribution is 0.262. The summed E-state index contributed by atoms with van der Waals surface area (Å²) in [5.74, 6) is 2.58. The lowest BCUT2D eigenvalue weighted by Crippen LogP contribution is -2.45. The monoisotopic (exact) mass is 391 g/mol. The van der Waals surface area contributed by atoms with E-state index in [0.29, 0.717) is 17.8 Å². The van der Waals surface area contributed by atoms with Gasteiger partial charge in [-0.2, -0.15) is 10.1 Å². The average Bonchev–Trinajstić information content (AvgIpc) is 3.14. The van der Waals surface area contributed by atoms with Crippen molar-refractivity contribution in [2.24, 2.45) is 5.92 Å². The third-order valence-corrected chi connectivity index (χ3v) is 6.66. The maximum Gasteiger partial charge on any atom is 0.222 e. The van der Waals surface area contributed by atoms with E-state index in [2.05, 4.69) is 31.1 Å². The molecule has 29 heavy (non-hydrogen) atoms. The number of aromatic nitrogens is 4. The highest BCUT2D eigenvalue weighted by Crippen LogP contribution is 2.36. The fraction of sp³-hybridized carbons (Fsp3) is 0.500. The molecule has 1 aliphatic heterocycles. The largest absolute Gasteiger partial charge is 0.382 e. The van der Waals surface area contributed by atoms with E-state index < -0.39 is 0 Å². The maximum absolute atomic E-state index is 6.16. The molecule has 1 aromatic carbocycles. The summed E-state index contributed by atoms with van der Waals surface area (Å²) in [4.78, 5) is 11.7. The number of H-pyrrole nitrogens is 1. The lowest BCUT2D eigenvalue weighted by atomic mass is 9.80. The van der Waals surface area contributed by atoms with Gasteiger partial charge >= 0.3 is 0 Å². The van der Waals surface area contributed by atoms with E-state index in [-0.39, 0.29) is 0 Å². The summed E-state index contributed by atoms with van der Waals surface area (Å²) in [6.45, 7) is 1.05. The summed E-state index contributed by atoms with van der Waals surface area (Å²) in [6, 6.07) is 8.69. The number of benzene rings is 1. The van der Waals surface area contributed by atoms with Crippen LogP contribution in [0.15, 0.2) is 24.3 Å². The van der Waals surface area contributed by atoms with Crippen LogP contribution in [0.3, 0.4) is 0 Å². The first-order valence-electron chi connectivity index (χ1n) is 10.8. The van der Waals surface area contributed by atoms with Crippen molar-refractivity contribution < 1.29 is 0 Å². The van der Waals surface area contributed by atoms with Crippen LogP contribution in [0.5, 0.6) is 0 Å². The normalized spacial score (nSPS) is 21.0. The molecule has 1 saturated carbocycles. The van der Waals surface area contributed by atoms with E-state index in [9.17, 15) is 0 Å². The number of aromatic amines is 1. The van der Waals surface area contributed by atoms with E-state index in [4.69, 9.17) is 11.5 Å². The Morgan fingerprint density at radius 2 is 1.76 bits per heavy atom. The number of nitrogen functional groups attached to an aromatic ring is 2. The molecule has 2 aliphatic rings. The van der Waals surface area contributed by atoms with Crippen molar-refractivity contribution in [3.05, 3.63) is 24.3 Å². The van der Waals surface area contributed by atoms with Gasteiger partial charge in [-0.3, -0.25) is 5.10 Å². The number of rotatable bonds is 3. The molecular formula is C22H29N7. The van der Waals surface area contributed by atoms with Crippen molar-refractivity contribution >= 4 is 28.5 Å². The van der Waals surface area contributed by atoms with Crippen molar-refractivity contribution in [1.29, 1.82) is 0 Å². The van der Waals surface area contributed by atoms with Gasteiger partial charge in [0, 0.05) is 29.6 Å². The number of nitrogens with one attached hydrogen (secondary N) is 1. The lowest BCUT2D eigenvalue weighted by Gasteiger charge is -2.42. The maximum atomic E-state index is 6.16. The number of nitrogens with zero attached hydrogens (tertiary/aromatic N) is 4. The first-order valence-corrected chi connectivity index (χ1v) is 10.8. The van der Waals surface area contributed by atoms with Gasteiger partial charge in [-0.15, -0.1) is 0 Å². The van der Waals surface area contributed by atoms with E-state index in [1.54, 1.807) is 0 Å². The SMILES string of the molecule is Nc1nc(-c2ccc3c(N)n[nH]c3c2)cc(N2CCCCC2C2CCCCC2)n1. The summed E-state index contributed by atoms with van der Waals surface area (Å²) in [6.07, 6.45) is 10.6. The Morgan fingerprint density at radius 3 is 2.62 bits per heavy atom. The van der Waals surface area contributed by atoms with Gasteiger partial charge in [0.2, 0.25) is 5.95 Å². The number of piperidine rings is 1. The molecule has 2 fully saturated rings. The molecule has 5 N–H and O–H groups in total. The van der Waals surface area contributed by atoms with Crippen LogP contribution in [0.2, 0.25) is 0 Å². The quantitative estimate of drug-likeness (QED) is 0.619. The molecular weight excluding hydrogens is 362 g/mol. The zero-order chi connectivity index (χ0) is 19.8. The molecule has 2 aromatic heterocycles. The minimum Gasteiger partial charge on any atom is -0.382 e. The van der Waals surface area contributed by atoms with Crippen LogP contribution in [-0.2, 0) is 0 Å². The van der Waals surface area contributed by atoms with Crippen LogP contribution in [0.25, 0.3) is 22.2 Å². The first kappa shape index (κ1) is 18.2. The zero-order valence-electron chi connectivity index (χ0n) is 16.8. The fourth-order valence-corrected chi connectivity index (χ4v) is 5.20. The highest BCUT2D eigenvalue weighted by Gasteiger charge is 2.32. The average molecular weight is 392 g/mol. The summed E-state index contributed by atoms with van der Waals surface area (Å²) < 4.78 is 0. The van der Waals surface area contributed by atoms with E-state index in [1.165, 1.54) is 51.4 Å². The summed E-state index contributed by atoms with van der Waals surface area (Å²) in [5, 5.41) is 7.99.